The average Bonchev–Trinajstić information content (AvgIpc) is 2.70. The second-order valence-corrected chi connectivity index (χ2v) is 8.15. The maximum absolute atomic E-state index is 13.5. The fraction of sp³-hybridized carbons (Fsp3) is 0.136. The van der Waals surface area contributed by atoms with Crippen molar-refractivity contribution < 1.29 is 12.8 Å². The highest BCUT2D eigenvalue weighted by atomic mass is 32.2. The SMILES string of the molecule is C=C/C=C(/CN=C1Nc2c(CCc3ccccc3)cccc2S(=O)(=O)N1)C(=C)F. The Morgan fingerprint density at radius 2 is 1.86 bits per heavy atom. The Labute approximate surface area is 170 Å². The molecule has 2 aromatic rings. The summed E-state index contributed by atoms with van der Waals surface area (Å²) in [6.07, 6.45) is 4.30. The number of nitrogens with zero attached hydrogens (tertiary/aromatic N) is 1. The van der Waals surface area contributed by atoms with Gasteiger partial charge in [0.2, 0.25) is 5.96 Å². The standard InChI is InChI=1S/C22H22FN3O2S/c1-3-8-19(16(2)23)15-24-22-25-21-18(14-13-17-9-5-4-6-10-17)11-7-12-20(21)29(27,28)26-22/h3-12H,1-2,13-15H2,(H2,24,25,26)/b19-8-. The van der Waals surface area contributed by atoms with Gasteiger partial charge in [0.05, 0.1) is 12.2 Å². The summed E-state index contributed by atoms with van der Waals surface area (Å²) in [5.41, 5.74) is 2.74. The molecule has 0 spiro atoms. The lowest BCUT2D eigenvalue weighted by Crippen LogP contribution is -2.41. The highest BCUT2D eigenvalue weighted by Crippen LogP contribution is 2.29. The maximum Gasteiger partial charge on any atom is 0.266 e. The quantitative estimate of drug-likeness (QED) is 0.673. The molecule has 0 atom stereocenters. The summed E-state index contributed by atoms with van der Waals surface area (Å²) >= 11 is 0. The molecule has 0 radical (unpaired) electrons. The summed E-state index contributed by atoms with van der Waals surface area (Å²) in [5.74, 6) is -0.599. The van der Waals surface area contributed by atoms with E-state index in [4.69, 9.17) is 0 Å². The van der Waals surface area contributed by atoms with Crippen LogP contribution >= 0.6 is 0 Å². The Balaban J connectivity index is 1.88. The first kappa shape index (κ1) is 20.5. The van der Waals surface area contributed by atoms with Crippen molar-refractivity contribution >= 4 is 21.7 Å². The summed E-state index contributed by atoms with van der Waals surface area (Å²) in [4.78, 5) is 4.34. The topological polar surface area (TPSA) is 70.6 Å². The smallest absolute Gasteiger partial charge is 0.266 e. The van der Waals surface area contributed by atoms with Crippen LogP contribution in [0.25, 0.3) is 0 Å². The van der Waals surface area contributed by atoms with Crippen LogP contribution in [-0.4, -0.2) is 20.9 Å². The molecule has 2 N–H and O–H groups in total. The molecule has 0 saturated heterocycles. The van der Waals surface area contributed by atoms with Gasteiger partial charge in [0, 0.05) is 5.57 Å². The van der Waals surface area contributed by atoms with Crippen molar-refractivity contribution in [2.75, 3.05) is 11.9 Å². The zero-order chi connectivity index (χ0) is 20.9. The van der Waals surface area contributed by atoms with E-state index in [1.165, 1.54) is 12.2 Å². The van der Waals surface area contributed by atoms with Gasteiger partial charge in [-0.25, -0.2) is 22.5 Å². The third-order valence-corrected chi connectivity index (χ3v) is 5.86. The summed E-state index contributed by atoms with van der Waals surface area (Å²) in [6, 6.07) is 15.1. The number of allylic oxidation sites excluding steroid dienone is 2. The number of sulfonamides is 1. The third-order valence-electron chi connectivity index (χ3n) is 4.48. The van der Waals surface area contributed by atoms with E-state index in [9.17, 15) is 12.8 Å². The Morgan fingerprint density at radius 1 is 1.10 bits per heavy atom. The van der Waals surface area contributed by atoms with Crippen LogP contribution in [0, 0.1) is 0 Å². The molecule has 150 valence electrons. The summed E-state index contributed by atoms with van der Waals surface area (Å²) in [6.45, 7) is 6.71. The molecule has 0 bridgehead atoms. The zero-order valence-electron chi connectivity index (χ0n) is 15.9. The van der Waals surface area contributed by atoms with Crippen LogP contribution in [0.15, 0.2) is 95.1 Å². The number of guanidine groups is 1. The van der Waals surface area contributed by atoms with E-state index in [1.54, 1.807) is 12.1 Å². The summed E-state index contributed by atoms with van der Waals surface area (Å²) in [5, 5.41) is 3.05. The minimum absolute atomic E-state index is 0.0425. The van der Waals surface area contributed by atoms with Crippen molar-refractivity contribution in [3.63, 3.8) is 0 Å². The van der Waals surface area contributed by atoms with Crippen LogP contribution in [0.2, 0.25) is 0 Å². The molecule has 0 unspecified atom stereocenters. The second kappa shape index (κ2) is 8.87. The molecule has 0 saturated carbocycles. The molecular formula is C22H22FN3O2S. The highest BCUT2D eigenvalue weighted by Gasteiger charge is 2.28. The van der Waals surface area contributed by atoms with Crippen molar-refractivity contribution in [3.8, 4) is 0 Å². The number of hydrogen-bond donors (Lipinski definition) is 2. The largest absolute Gasteiger partial charge is 0.324 e. The first-order valence-corrected chi connectivity index (χ1v) is 10.6. The molecular weight excluding hydrogens is 389 g/mol. The number of hydrogen-bond acceptors (Lipinski definition) is 3. The fourth-order valence-corrected chi connectivity index (χ4v) is 4.20. The Kier molecular flexibility index (Phi) is 6.29. The molecule has 0 aliphatic carbocycles. The summed E-state index contributed by atoms with van der Waals surface area (Å²) < 4.78 is 41.2. The first-order valence-electron chi connectivity index (χ1n) is 9.07. The molecule has 7 heteroatoms. The minimum atomic E-state index is -3.78. The Bertz CT molecular complexity index is 1090. The van der Waals surface area contributed by atoms with E-state index in [0.29, 0.717) is 12.1 Å². The molecule has 1 aliphatic rings. The van der Waals surface area contributed by atoms with E-state index < -0.39 is 15.9 Å². The lowest BCUT2D eigenvalue weighted by molar-refractivity contribution is 0.591. The van der Waals surface area contributed by atoms with E-state index in [-0.39, 0.29) is 23.0 Å². The van der Waals surface area contributed by atoms with Gasteiger partial charge in [-0.2, -0.15) is 0 Å². The Morgan fingerprint density at radius 3 is 2.55 bits per heavy atom. The van der Waals surface area contributed by atoms with Gasteiger partial charge >= 0.3 is 0 Å². The van der Waals surface area contributed by atoms with Gasteiger partial charge in [0.15, 0.2) is 0 Å². The van der Waals surface area contributed by atoms with Gasteiger partial charge in [-0.15, -0.1) is 0 Å². The van der Waals surface area contributed by atoms with Gasteiger partial charge in [-0.1, -0.05) is 67.8 Å². The number of benzene rings is 2. The number of anilines is 1. The lowest BCUT2D eigenvalue weighted by Gasteiger charge is -2.24. The number of fused-ring (bicyclic) bond motifs is 1. The molecule has 0 fully saturated rings. The van der Waals surface area contributed by atoms with Crippen molar-refractivity contribution in [1.82, 2.24) is 4.72 Å². The van der Waals surface area contributed by atoms with Crippen molar-refractivity contribution in [2.24, 2.45) is 4.99 Å². The molecule has 0 amide bonds. The van der Waals surface area contributed by atoms with Gasteiger partial charge in [-0.05, 0) is 30.0 Å². The second-order valence-electron chi connectivity index (χ2n) is 6.50. The van der Waals surface area contributed by atoms with Crippen LogP contribution in [0.3, 0.4) is 0 Å². The van der Waals surface area contributed by atoms with Crippen molar-refractivity contribution in [1.29, 1.82) is 0 Å². The molecule has 1 heterocycles. The van der Waals surface area contributed by atoms with Gasteiger partial charge in [0.1, 0.15) is 10.7 Å². The minimum Gasteiger partial charge on any atom is -0.324 e. The van der Waals surface area contributed by atoms with E-state index in [0.717, 1.165) is 17.5 Å². The molecule has 2 aromatic carbocycles. The first-order chi connectivity index (χ1) is 13.9. The predicted octanol–water partition coefficient (Wildman–Crippen LogP) is 4.13. The van der Waals surface area contributed by atoms with Crippen LogP contribution in [-0.2, 0) is 22.9 Å². The van der Waals surface area contributed by atoms with E-state index >= 15 is 0 Å². The molecule has 0 aromatic heterocycles. The van der Waals surface area contributed by atoms with E-state index in [2.05, 4.69) is 28.2 Å². The Hall–Kier alpha value is -3.19. The monoisotopic (exact) mass is 411 g/mol. The number of aliphatic imine (C=N–C) groups is 1. The third kappa shape index (κ3) is 5.00. The normalized spacial score (nSPS) is 16.4. The van der Waals surface area contributed by atoms with Crippen LogP contribution < -0.4 is 10.0 Å². The van der Waals surface area contributed by atoms with Crippen molar-refractivity contribution in [2.45, 2.75) is 17.7 Å². The highest BCUT2D eigenvalue weighted by molar-refractivity contribution is 7.90. The van der Waals surface area contributed by atoms with Crippen LogP contribution in [0.1, 0.15) is 11.1 Å². The number of nitrogens with one attached hydrogen (secondary N) is 2. The van der Waals surface area contributed by atoms with E-state index in [1.807, 2.05) is 36.4 Å². The molecule has 1 aliphatic heterocycles. The molecule has 3 rings (SSSR count). The maximum atomic E-state index is 13.5. The number of halogens is 1. The van der Waals surface area contributed by atoms with Crippen LogP contribution in [0.4, 0.5) is 10.1 Å². The molecule has 29 heavy (non-hydrogen) atoms. The number of aryl methyl sites for hydroxylation is 2. The zero-order valence-corrected chi connectivity index (χ0v) is 16.7. The van der Waals surface area contributed by atoms with Gasteiger partial charge < -0.3 is 5.32 Å². The average molecular weight is 412 g/mol. The van der Waals surface area contributed by atoms with Crippen molar-refractivity contribution in [3.05, 3.63) is 96.4 Å². The van der Waals surface area contributed by atoms with Gasteiger partial charge in [0.25, 0.3) is 10.0 Å². The lowest BCUT2D eigenvalue weighted by atomic mass is 10.0. The fourth-order valence-electron chi connectivity index (χ4n) is 3.01. The van der Waals surface area contributed by atoms with Crippen LogP contribution in [0.5, 0.6) is 0 Å². The molecule has 5 nitrogen and oxygen atoms in total. The van der Waals surface area contributed by atoms with Gasteiger partial charge in [-0.3, -0.25) is 0 Å². The number of rotatable bonds is 7. The summed E-state index contributed by atoms with van der Waals surface area (Å²) in [7, 11) is -3.78. The number of para-hydroxylation sites is 1. The predicted molar refractivity (Wildman–Crippen MR) is 115 cm³/mol.